The van der Waals surface area contributed by atoms with Crippen LogP contribution in [0.15, 0.2) is 18.3 Å². The van der Waals surface area contributed by atoms with E-state index in [1.165, 1.54) is 0 Å². The number of piperidine rings is 1. The summed E-state index contributed by atoms with van der Waals surface area (Å²) in [6.07, 6.45) is -0.320. The Morgan fingerprint density at radius 3 is 2.46 bits per heavy atom. The van der Waals surface area contributed by atoms with Crippen molar-refractivity contribution >= 4 is 33.0 Å². The number of carbonyl (C=O) groups excluding carboxylic acids is 1. The van der Waals surface area contributed by atoms with E-state index in [4.69, 9.17) is 14.6 Å². The van der Waals surface area contributed by atoms with Gasteiger partial charge in [-0.05, 0) is 25.0 Å². The van der Waals surface area contributed by atoms with E-state index in [0.29, 0.717) is 18.9 Å². The third-order valence-corrected chi connectivity index (χ3v) is 6.25. The molecule has 1 unspecified atom stereocenters. The van der Waals surface area contributed by atoms with Crippen LogP contribution in [0.5, 0.6) is 0 Å². The number of amides is 1. The number of carboxylic acids is 1. The number of ether oxygens (including phenoxy) is 1. The first-order chi connectivity index (χ1) is 16.3. The summed E-state index contributed by atoms with van der Waals surface area (Å²) in [6.45, 7) is 4.20. The summed E-state index contributed by atoms with van der Waals surface area (Å²) >= 11 is 0. The Morgan fingerprint density at radius 1 is 1.20 bits per heavy atom. The molecule has 35 heavy (non-hydrogen) atoms. The zero-order valence-electron chi connectivity index (χ0n) is 18.9. The highest BCUT2D eigenvalue weighted by Crippen LogP contribution is 2.26. The van der Waals surface area contributed by atoms with Crippen molar-refractivity contribution in [1.82, 2.24) is 19.5 Å². The molecule has 194 valence electrons. The Balaban J connectivity index is 0.000000429. The third kappa shape index (κ3) is 7.52. The summed E-state index contributed by atoms with van der Waals surface area (Å²) in [6, 6.07) is 4.00. The molecule has 2 fully saturated rings. The van der Waals surface area contributed by atoms with Gasteiger partial charge in [0.1, 0.15) is 5.75 Å². The van der Waals surface area contributed by atoms with E-state index in [1.54, 1.807) is 9.42 Å². The summed E-state index contributed by atoms with van der Waals surface area (Å²) in [5, 5.41) is 11.8. The Morgan fingerprint density at radius 2 is 1.86 bits per heavy atom. The average molecular weight is 522 g/mol. The molecule has 0 bridgehead atoms. The number of alkyl halides is 3. The van der Waals surface area contributed by atoms with E-state index < -0.39 is 27.7 Å². The van der Waals surface area contributed by atoms with Crippen molar-refractivity contribution in [2.75, 3.05) is 56.3 Å². The third-order valence-electron chi connectivity index (χ3n) is 5.48. The van der Waals surface area contributed by atoms with Crippen LogP contribution in [0.1, 0.15) is 24.6 Å². The quantitative estimate of drug-likeness (QED) is 0.624. The predicted molar refractivity (Wildman–Crippen MR) is 118 cm³/mol. The normalized spacial score (nSPS) is 19.3. The highest BCUT2D eigenvalue weighted by atomic mass is 32.2. The zero-order valence-corrected chi connectivity index (χ0v) is 19.8. The standard InChI is InChI=1S/C18H25N5O4S.C2HF3O2/c1-28(25,26)13-17(24)22-6-2-3-14(11-22)18-19-16-5-4-15(12-23(16)20-18)21-7-9-27-10-8-21;3-2(4,5)1(6)7/h4-5,12,14H,2-3,6-11,13H2,1H3;(H,6,7). The molecule has 0 radical (unpaired) electrons. The summed E-state index contributed by atoms with van der Waals surface area (Å²) in [5.41, 5.74) is 1.85. The maximum Gasteiger partial charge on any atom is 0.490 e. The minimum absolute atomic E-state index is 0.0176. The lowest BCUT2D eigenvalue weighted by atomic mass is 9.97. The molecule has 0 aliphatic carbocycles. The second-order valence-corrected chi connectivity index (χ2v) is 10.5. The molecule has 4 rings (SSSR count). The average Bonchev–Trinajstić information content (AvgIpc) is 3.22. The maximum absolute atomic E-state index is 12.3. The minimum Gasteiger partial charge on any atom is -0.475 e. The zero-order chi connectivity index (χ0) is 25.8. The molecular formula is C20H26F3N5O6S. The first kappa shape index (κ1) is 26.7. The van der Waals surface area contributed by atoms with Gasteiger partial charge in [0.2, 0.25) is 5.91 Å². The van der Waals surface area contributed by atoms with Crippen molar-refractivity contribution in [2.24, 2.45) is 0 Å². The number of hydrogen-bond donors (Lipinski definition) is 1. The first-order valence-corrected chi connectivity index (χ1v) is 12.8. The van der Waals surface area contributed by atoms with Crippen LogP contribution < -0.4 is 4.90 Å². The van der Waals surface area contributed by atoms with Crippen LogP contribution in [0.2, 0.25) is 0 Å². The molecule has 4 heterocycles. The van der Waals surface area contributed by atoms with E-state index in [2.05, 4.69) is 15.0 Å². The highest BCUT2D eigenvalue weighted by Gasteiger charge is 2.38. The lowest BCUT2D eigenvalue weighted by molar-refractivity contribution is -0.192. The van der Waals surface area contributed by atoms with Crippen LogP contribution in [-0.4, -0.2) is 102 Å². The lowest BCUT2D eigenvalue weighted by Crippen LogP contribution is -2.42. The number of carbonyl (C=O) groups is 2. The second-order valence-electron chi connectivity index (χ2n) is 8.31. The molecule has 1 N–H and O–H groups in total. The molecule has 1 amide bonds. The summed E-state index contributed by atoms with van der Waals surface area (Å²) in [5.74, 6) is -2.82. The first-order valence-electron chi connectivity index (χ1n) is 10.8. The van der Waals surface area contributed by atoms with Crippen molar-refractivity contribution in [1.29, 1.82) is 0 Å². The van der Waals surface area contributed by atoms with Crippen LogP contribution in [0, 0.1) is 0 Å². The van der Waals surface area contributed by atoms with Crippen LogP contribution in [0.4, 0.5) is 18.9 Å². The van der Waals surface area contributed by atoms with E-state index in [0.717, 1.165) is 56.7 Å². The predicted octanol–water partition coefficient (Wildman–Crippen LogP) is 0.950. The molecular weight excluding hydrogens is 495 g/mol. The van der Waals surface area contributed by atoms with Crippen molar-refractivity contribution in [3.63, 3.8) is 0 Å². The molecule has 2 aromatic heterocycles. The van der Waals surface area contributed by atoms with Crippen molar-refractivity contribution in [3.8, 4) is 0 Å². The number of aromatic nitrogens is 3. The monoisotopic (exact) mass is 521 g/mol. The fourth-order valence-corrected chi connectivity index (χ4v) is 4.43. The largest absolute Gasteiger partial charge is 0.490 e. The van der Waals surface area contributed by atoms with Crippen molar-refractivity contribution in [3.05, 3.63) is 24.2 Å². The molecule has 0 saturated carbocycles. The fraction of sp³-hybridized carbons (Fsp3) is 0.600. The number of sulfone groups is 1. The number of anilines is 1. The van der Waals surface area contributed by atoms with Crippen LogP contribution in [-0.2, 0) is 24.2 Å². The maximum atomic E-state index is 12.3. The number of aliphatic carboxylic acids is 1. The Kier molecular flexibility index (Phi) is 8.20. The number of pyridine rings is 1. The van der Waals surface area contributed by atoms with Gasteiger partial charge in [-0.1, -0.05) is 0 Å². The molecule has 1 atom stereocenters. The fourth-order valence-electron chi connectivity index (χ4n) is 3.80. The van der Waals surface area contributed by atoms with Gasteiger partial charge in [0.25, 0.3) is 0 Å². The van der Waals surface area contributed by atoms with Crippen molar-refractivity contribution < 1.29 is 41.0 Å². The van der Waals surface area contributed by atoms with E-state index in [-0.39, 0.29) is 11.8 Å². The number of hydrogen-bond acceptors (Lipinski definition) is 8. The molecule has 11 nitrogen and oxygen atoms in total. The number of likely N-dealkylation sites (tertiary alicyclic amines) is 1. The van der Waals surface area contributed by atoms with Gasteiger partial charge in [0.15, 0.2) is 21.3 Å². The summed E-state index contributed by atoms with van der Waals surface area (Å²) in [4.78, 5) is 29.7. The van der Waals surface area contributed by atoms with Crippen molar-refractivity contribution in [2.45, 2.75) is 24.9 Å². The summed E-state index contributed by atoms with van der Waals surface area (Å²) in [7, 11) is -3.33. The SMILES string of the molecule is CS(=O)(=O)CC(=O)N1CCCC(c2nc3ccc(N4CCOCC4)cn3n2)C1.O=C(O)C(F)(F)F. The van der Waals surface area contributed by atoms with Crippen LogP contribution >= 0.6 is 0 Å². The lowest BCUT2D eigenvalue weighted by Gasteiger charge is -2.31. The van der Waals surface area contributed by atoms with E-state index >= 15 is 0 Å². The Labute approximate surface area is 199 Å². The van der Waals surface area contributed by atoms with Gasteiger partial charge in [0, 0.05) is 38.4 Å². The molecule has 2 aliphatic rings. The van der Waals surface area contributed by atoms with Gasteiger partial charge in [-0.25, -0.2) is 22.7 Å². The van der Waals surface area contributed by atoms with Gasteiger partial charge in [-0.2, -0.15) is 18.3 Å². The van der Waals surface area contributed by atoms with Gasteiger partial charge >= 0.3 is 12.1 Å². The molecule has 2 aromatic rings. The molecule has 15 heteroatoms. The Bertz CT molecular complexity index is 1160. The number of fused-ring (bicyclic) bond motifs is 1. The van der Waals surface area contributed by atoms with Gasteiger partial charge in [0.05, 0.1) is 25.1 Å². The summed E-state index contributed by atoms with van der Waals surface area (Å²) < 4.78 is 61.8. The molecule has 2 saturated heterocycles. The topological polar surface area (TPSA) is 134 Å². The van der Waals surface area contributed by atoms with Gasteiger partial charge in [-0.3, -0.25) is 4.79 Å². The van der Waals surface area contributed by atoms with Gasteiger partial charge in [-0.15, -0.1) is 0 Å². The van der Waals surface area contributed by atoms with E-state index in [1.807, 2.05) is 18.3 Å². The Hall–Kier alpha value is -2.94. The van der Waals surface area contributed by atoms with E-state index in [9.17, 15) is 26.4 Å². The smallest absolute Gasteiger partial charge is 0.475 e. The van der Waals surface area contributed by atoms with Crippen LogP contribution in [0.25, 0.3) is 5.65 Å². The number of morpholine rings is 1. The molecule has 0 spiro atoms. The highest BCUT2D eigenvalue weighted by molar-refractivity contribution is 7.91. The number of halogens is 3. The van der Waals surface area contributed by atoms with Gasteiger partial charge < -0.3 is 19.6 Å². The number of nitrogens with zero attached hydrogens (tertiary/aromatic N) is 5. The number of rotatable bonds is 4. The molecule has 2 aliphatic heterocycles. The van der Waals surface area contributed by atoms with Crippen LogP contribution in [0.3, 0.4) is 0 Å². The second kappa shape index (κ2) is 10.8. The molecule has 0 aromatic carbocycles. The number of carboxylic acid groups (broad SMARTS) is 1. The minimum atomic E-state index is -5.08.